The summed E-state index contributed by atoms with van der Waals surface area (Å²) in [4.78, 5) is 22.9. The first-order chi connectivity index (χ1) is 13.6. The van der Waals surface area contributed by atoms with Crippen LogP contribution in [0.5, 0.6) is 0 Å². The van der Waals surface area contributed by atoms with Crippen LogP contribution in [0.15, 0.2) is 59.5 Å². The van der Waals surface area contributed by atoms with Crippen molar-refractivity contribution in [3.05, 3.63) is 71.3 Å². The van der Waals surface area contributed by atoms with Crippen molar-refractivity contribution < 1.29 is 28.2 Å². The van der Waals surface area contributed by atoms with E-state index in [4.69, 9.17) is 5.11 Å². The van der Waals surface area contributed by atoms with Crippen LogP contribution in [-0.2, 0) is 15.7 Å². The molecular weight excluding hydrogens is 396 g/mol. The van der Waals surface area contributed by atoms with Crippen molar-refractivity contribution in [3.63, 3.8) is 0 Å². The molecule has 1 amide bonds. The summed E-state index contributed by atoms with van der Waals surface area (Å²) < 4.78 is 28.4. The summed E-state index contributed by atoms with van der Waals surface area (Å²) in [5.41, 5.74) is -0.903. The Hall–Kier alpha value is -3.27. The van der Waals surface area contributed by atoms with E-state index in [9.17, 15) is 23.1 Å². The molecule has 3 aromatic carbocycles. The lowest BCUT2D eigenvalue weighted by Crippen LogP contribution is -2.43. The average Bonchev–Trinajstić information content (AvgIpc) is 2.99. The molecule has 148 valence electrons. The van der Waals surface area contributed by atoms with E-state index in [0.717, 1.165) is 0 Å². The van der Waals surface area contributed by atoms with Gasteiger partial charge in [0.15, 0.2) is 5.72 Å². The molecule has 0 aliphatic carbocycles. The van der Waals surface area contributed by atoms with Gasteiger partial charge in [0.25, 0.3) is 5.91 Å². The lowest BCUT2D eigenvalue weighted by atomic mass is 10.0. The molecule has 8 nitrogen and oxygen atoms in total. The minimum atomic E-state index is -4.20. The van der Waals surface area contributed by atoms with E-state index in [2.05, 4.69) is 10.0 Å². The molecule has 4 N–H and O–H groups in total. The highest BCUT2D eigenvalue weighted by molar-refractivity contribution is 7.89. The Balaban J connectivity index is 1.75. The lowest BCUT2D eigenvalue weighted by Gasteiger charge is -2.25. The van der Waals surface area contributed by atoms with E-state index in [1.807, 2.05) is 0 Å². The third-order valence-corrected chi connectivity index (χ3v) is 6.41. The zero-order valence-corrected chi connectivity index (χ0v) is 15.9. The van der Waals surface area contributed by atoms with Crippen LogP contribution in [0.2, 0.25) is 0 Å². The molecule has 1 aliphatic heterocycles. The topological polar surface area (TPSA) is 133 Å². The van der Waals surface area contributed by atoms with Gasteiger partial charge in [0.2, 0.25) is 10.0 Å². The Bertz CT molecular complexity index is 1280. The minimum Gasteiger partial charge on any atom is -0.478 e. The zero-order chi connectivity index (χ0) is 21.0. The number of sulfonamides is 1. The number of carboxylic acid groups (broad SMARTS) is 1. The Morgan fingerprint density at radius 1 is 1.07 bits per heavy atom. The number of carbonyl (C=O) groups is 2. The number of nitrogens with one attached hydrogen (secondary N) is 2. The highest BCUT2D eigenvalue weighted by Gasteiger charge is 2.32. The van der Waals surface area contributed by atoms with Crippen LogP contribution < -0.4 is 10.0 Å². The standard InChI is InChI=1S/C20H16N2O6S/c1-20(26,12-7-5-11(6-8-12)19(24)25)22-29(27,28)16-10-9-15-17-13(16)3-2-4-14(17)18(23)21-15/h2-10,22,26H,1H3,(H,21,23)(H,24,25). The minimum absolute atomic E-state index is 0.0112. The molecule has 0 radical (unpaired) electrons. The molecule has 0 aromatic heterocycles. The van der Waals surface area contributed by atoms with Gasteiger partial charge in [-0.15, -0.1) is 0 Å². The summed E-state index contributed by atoms with van der Waals surface area (Å²) in [6.45, 7) is 1.26. The van der Waals surface area contributed by atoms with Crippen LogP contribution in [0.25, 0.3) is 10.8 Å². The summed E-state index contributed by atoms with van der Waals surface area (Å²) in [5, 5.41) is 23.3. The van der Waals surface area contributed by atoms with Gasteiger partial charge in [0, 0.05) is 22.0 Å². The largest absolute Gasteiger partial charge is 0.478 e. The number of aromatic carboxylic acids is 1. The van der Waals surface area contributed by atoms with Crippen molar-refractivity contribution in [2.45, 2.75) is 17.5 Å². The third kappa shape index (κ3) is 3.15. The molecule has 9 heteroatoms. The fourth-order valence-electron chi connectivity index (χ4n) is 3.41. The number of anilines is 1. The number of amides is 1. The summed E-state index contributed by atoms with van der Waals surface area (Å²) in [6, 6.07) is 12.9. The van der Waals surface area contributed by atoms with Crippen molar-refractivity contribution in [1.82, 2.24) is 4.72 Å². The molecule has 0 spiro atoms. The molecule has 1 unspecified atom stereocenters. The summed E-state index contributed by atoms with van der Waals surface area (Å²) in [5.74, 6) is -1.44. The van der Waals surface area contributed by atoms with E-state index in [1.165, 1.54) is 43.3 Å². The van der Waals surface area contributed by atoms with Crippen LogP contribution in [0.1, 0.15) is 33.2 Å². The summed E-state index contributed by atoms with van der Waals surface area (Å²) >= 11 is 0. The Labute approximate surface area is 165 Å². The maximum Gasteiger partial charge on any atom is 0.335 e. The van der Waals surface area contributed by atoms with Gasteiger partial charge in [-0.25, -0.2) is 13.2 Å². The van der Waals surface area contributed by atoms with Gasteiger partial charge in [-0.3, -0.25) is 4.79 Å². The van der Waals surface area contributed by atoms with E-state index < -0.39 is 21.7 Å². The number of rotatable bonds is 5. The number of carboxylic acids is 1. The highest BCUT2D eigenvalue weighted by Crippen LogP contribution is 2.37. The molecule has 1 aliphatic rings. The van der Waals surface area contributed by atoms with Gasteiger partial charge in [0.1, 0.15) is 0 Å². The van der Waals surface area contributed by atoms with Crippen molar-refractivity contribution in [3.8, 4) is 0 Å². The predicted molar refractivity (Wildman–Crippen MR) is 105 cm³/mol. The maximum atomic E-state index is 13.1. The molecule has 1 heterocycles. The number of benzene rings is 3. The molecular formula is C20H16N2O6S. The number of hydrogen-bond donors (Lipinski definition) is 4. The van der Waals surface area contributed by atoms with Gasteiger partial charge >= 0.3 is 5.97 Å². The predicted octanol–water partition coefficient (Wildman–Crippen LogP) is 2.25. The molecule has 0 bridgehead atoms. The van der Waals surface area contributed by atoms with E-state index in [1.54, 1.807) is 18.2 Å². The molecule has 1 atom stereocenters. The van der Waals surface area contributed by atoms with Gasteiger partial charge in [-0.05, 0) is 42.8 Å². The SMILES string of the molecule is CC(O)(NS(=O)(=O)c1ccc2c3c(cccc13)C(=O)N2)c1ccc(C(=O)O)cc1. The molecule has 0 saturated heterocycles. The number of aliphatic hydroxyl groups is 1. The fraction of sp³-hybridized carbons (Fsp3) is 0.100. The van der Waals surface area contributed by atoms with Crippen LogP contribution in [0.3, 0.4) is 0 Å². The van der Waals surface area contributed by atoms with Crippen molar-refractivity contribution >= 4 is 38.4 Å². The van der Waals surface area contributed by atoms with Crippen LogP contribution >= 0.6 is 0 Å². The normalized spacial score (nSPS) is 15.2. The molecule has 4 rings (SSSR count). The van der Waals surface area contributed by atoms with E-state index in [-0.39, 0.29) is 21.9 Å². The summed E-state index contributed by atoms with van der Waals surface area (Å²) in [6.07, 6.45) is 0. The van der Waals surface area contributed by atoms with E-state index in [0.29, 0.717) is 22.0 Å². The monoisotopic (exact) mass is 412 g/mol. The molecule has 0 fully saturated rings. The first kappa shape index (κ1) is 19.1. The highest BCUT2D eigenvalue weighted by atomic mass is 32.2. The second-order valence-electron chi connectivity index (χ2n) is 6.85. The second kappa shape index (κ2) is 6.38. The second-order valence-corrected chi connectivity index (χ2v) is 8.50. The quantitative estimate of drug-likeness (QED) is 0.475. The van der Waals surface area contributed by atoms with Crippen LogP contribution in [-0.4, -0.2) is 30.5 Å². The Morgan fingerprint density at radius 2 is 1.76 bits per heavy atom. The molecule has 0 saturated carbocycles. The lowest BCUT2D eigenvalue weighted by molar-refractivity contribution is 0.0450. The first-order valence-electron chi connectivity index (χ1n) is 8.57. The number of hydrogen-bond acceptors (Lipinski definition) is 5. The number of carbonyl (C=O) groups excluding carboxylic acids is 1. The van der Waals surface area contributed by atoms with Gasteiger partial charge in [-0.2, -0.15) is 4.72 Å². The Kier molecular flexibility index (Phi) is 4.19. The molecule has 3 aromatic rings. The summed E-state index contributed by atoms with van der Waals surface area (Å²) in [7, 11) is -4.20. The van der Waals surface area contributed by atoms with Crippen molar-refractivity contribution in [1.29, 1.82) is 0 Å². The smallest absolute Gasteiger partial charge is 0.335 e. The maximum absolute atomic E-state index is 13.1. The first-order valence-corrected chi connectivity index (χ1v) is 10.1. The zero-order valence-electron chi connectivity index (χ0n) is 15.1. The van der Waals surface area contributed by atoms with Crippen LogP contribution in [0, 0.1) is 0 Å². The van der Waals surface area contributed by atoms with Crippen molar-refractivity contribution in [2.75, 3.05) is 5.32 Å². The van der Waals surface area contributed by atoms with Gasteiger partial charge in [0.05, 0.1) is 10.5 Å². The fourth-order valence-corrected chi connectivity index (χ4v) is 4.87. The van der Waals surface area contributed by atoms with E-state index >= 15 is 0 Å². The van der Waals surface area contributed by atoms with Crippen LogP contribution in [0.4, 0.5) is 5.69 Å². The van der Waals surface area contributed by atoms with Crippen molar-refractivity contribution in [2.24, 2.45) is 0 Å². The van der Waals surface area contributed by atoms with Gasteiger partial charge in [-0.1, -0.05) is 24.3 Å². The average molecular weight is 412 g/mol. The van der Waals surface area contributed by atoms with Gasteiger partial charge < -0.3 is 15.5 Å². The third-order valence-electron chi connectivity index (χ3n) is 4.81. The Morgan fingerprint density at radius 3 is 2.41 bits per heavy atom. The molecule has 29 heavy (non-hydrogen) atoms.